The molecule has 1 atom stereocenters. The summed E-state index contributed by atoms with van der Waals surface area (Å²) in [4.78, 5) is 0. The summed E-state index contributed by atoms with van der Waals surface area (Å²) in [5.74, 6) is 0.886. The molecule has 20 heavy (non-hydrogen) atoms. The van der Waals surface area contributed by atoms with E-state index in [2.05, 4.69) is 19.2 Å². The molecule has 1 N–H and O–H groups in total. The van der Waals surface area contributed by atoms with Crippen molar-refractivity contribution in [2.24, 2.45) is 11.3 Å². The van der Waals surface area contributed by atoms with Gasteiger partial charge in [0.15, 0.2) is 0 Å². The highest BCUT2D eigenvalue weighted by atomic mass is 16.5. The van der Waals surface area contributed by atoms with Crippen LogP contribution in [-0.4, -0.2) is 40.0 Å². The van der Waals surface area contributed by atoms with Crippen LogP contribution in [0, 0.1) is 11.3 Å². The first-order chi connectivity index (χ1) is 9.76. The quantitative estimate of drug-likeness (QED) is 0.588. The van der Waals surface area contributed by atoms with E-state index < -0.39 is 0 Å². The van der Waals surface area contributed by atoms with Crippen molar-refractivity contribution < 1.29 is 9.47 Å². The van der Waals surface area contributed by atoms with Crippen LogP contribution in [0.5, 0.6) is 0 Å². The van der Waals surface area contributed by atoms with Crippen LogP contribution < -0.4 is 5.32 Å². The fourth-order valence-corrected chi connectivity index (χ4v) is 3.34. The lowest BCUT2D eigenvalue weighted by Crippen LogP contribution is -2.41. The van der Waals surface area contributed by atoms with Gasteiger partial charge in [0.05, 0.1) is 6.61 Å². The average molecular weight is 285 g/mol. The lowest BCUT2D eigenvalue weighted by molar-refractivity contribution is 0.000359. The first-order valence-electron chi connectivity index (χ1n) is 8.53. The molecule has 1 fully saturated rings. The Bertz CT molecular complexity index is 227. The van der Waals surface area contributed by atoms with Gasteiger partial charge < -0.3 is 14.8 Å². The minimum absolute atomic E-state index is 0.459. The van der Waals surface area contributed by atoms with Crippen LogP contribution in [0.4, 0.5) is 0 Å². The Morgan fingerprint density at radius 3 is 2.60 bits per heavy atom. The monoisotopic (exact) mass is 285 g/mol. The van der Waals surface area contributed by atoms with Crippen LogP contribution >= 0.6 is 0 Å². The third-order valence-electron chi connectivity index (χ3n) is 4.80. The SMILES string of the molecule is CCCCC(CC)CC1(CNCCOC)CCOCC1. The Morgan fingerprint density at radius 1 is 1.25 bits per heavy atom. The van der Waals surface area contributed by atoms with Gasteiger partial charge in [-0.25, -0.2) is 0 Å². The summed E-state index contributed by atoms with van der Waals surface area (Å²) in [6, 6.07) is 0. The molecule has 1 heterocycles. The van der Waals surface area contributed by atoms with Crippen LogP contribution in [-0.2, 0) is 9.47 Å². The largest absolute Gasteiger partial charge is 0.383 e. The molecule has 0 aliphatic carbocycles. The van der Waals surface area contributed by atoms with Gasteiger partial charge in [0.2, 0.25) is 0 Å². The van der Waals surface area contributed by atoms with E-state index in [1.54, 1.807) is 7.11 Å². The molecule has 0 aromatic rings. The van der Waals surface area contributed by atoms with E-state index in [1.807, 2.05) is 0 Å². The van der Waals surface area contributed by atoms with Crippen molar-refractivity contribution >= 4 is 0 Å². The van der Waals surface area contributed by atoms with Crippen LogP contribution in [0.15, 0.2) is 0 Å². The topological polar surface area (TPSA) is 30.5 Å². The summed E-state index contributed by atoms with van der Waals surface area (Å²) < 4.78 is 10.7. The van der Waals surface area contributed by atoms with E-state index in [0.29, 0.717) is 5.41 Å². The van der Waals surface area contributed by atoms with E-state index in [-0.39, 0.29) is 0 Å². The van der Waals surface area contributed by atoms with Crippen molar-refractivity contribution in [2.75, 3.05) is 40.0 Å². The van der Waals surface area contributed by atoms with Crippen molar-refractivity contribution in [3.8, 4) is 0 Å². The summed E-state index contributed by atoms with van der Waals surface area (Å²) in [6.07, 6.45) is 9.22. The summed E-state index contributed by atoms with van der Waals surface area (Å²) in [5.41, 5.74) is 0.459. The molecule has 120 valence electrons. The molecule has 0 bridgehead atoms. The third-order valence-corrected chi connectivity index (χ3v) is 4.80. The summed E-state index contributed by atoms with van der Waals surface area (Å²) in [5, 5.41) is 3.60. The lowest BCUT2D eigenvalue weighted by atomic mass is 9.71. The lowest BCUT2D eigenvalue weighted by Gasteiger charge is -2.40. The zero-order chi connectivity index (χ0) is 14.7. The molecule has 0 amide bonds. The van der Waals surface area contributed by atoms with Crippen molar-refractivity contribution in [3.05, 3.63) is 0 Å². The molecule has 0 aromatic carbocycles. The average Bonchev–Trinajstić information content (AvgIpc) is 2.49. The molecule has 0 spiro atoms. The number of rotatable bonds is 11. The Labute approximate surface area is 125 Å². The van der Waals surface area contributed by atoms with Crippen molar-refractivity contribution in [1.29, 1.82) is 0 Å². The van der Waals surface area contributed by atoms with E-state index in [9.17, 15) is 0 Å². The maximum atomic E-state index is 5.60. The standard InChI is InChI=1S/C17H35NO2/c1-4-6-7-16(5-2)14-17(8-11-20-12-9-17)15-18-10-13-19-3/h16,18H,4-15H2,1-3H3. The number of nitrogens with one attached hydrogen (secondary N) is 1. The van der Waals surface area contributed by atoms with E-state index >= 15 is 0 Å². The maximum Gasteiger partial charge on any atom is 0.0587 e. The second-order valence-electron chi connectivity index (χ2n) is 6.40. The molecule has 0 saturated carbocycles. The van der Waals surface area contributed by atoms with E-state index in [1.165, 1.54) is 44.9 Å². The molecule has 1 aliphatic heterocycles. The molecule has 1 rings (SSSR count). The van der Waals surface area contributed by atoms with Gasteiger partial charge in [-0.2, -0.15) is 0 Å². The Kier molecular flexibility index (Phi) is 9.49. The minimum atomic E-state index is 0.459. The van der Waals surface area contributed by atoms with Gasteiger partial charge in [-0.3, -0.25) is 0 Å². The first kappa shape index (κ1) is 17.9. The number of ether oxygens (including phenoxy) is 2. The van der Waals surface area contributed by atoms with Crippen LogP contribution in [0.25, 0.3) is 0 Å². The highest BCUT2D eigenvalue weighted by molar-refractivity contribution is 4.86. The number of unbranched alkanes of at least 4 members (excludes halogenated alkanes) is 1. The molecule has 3 nitrogen and oxygen atoms in total. The summed E-state index contributed by atoms with van der Waals surface area (Å²) >= 11 is 0. The minimum Gasteiger partial charge on any atom is -0.383 e. The fraction of sp³-hybridized carbons (Fsp3) is 1.00. The summed E-state index contributed by atoms with van der Waals surface area (Å²) in [6.45, 7) is 9.42. The molecular weight excluding hydrogens is 250 g/mol. The molecule has 0 radical (unpaired) electrons. The Balaban J connectivity index is 2.47. The molecule has 1 aliphatic rings. The normalized spacial score (nSPS) is 19.9. The molecule has 3 heteroatoms. The van der Waals surface area contributed by atoms with Gasteiger partial charge in [-0.15, -0.1) is 0 Å². The number of methoxy groups -OCH3 is 1. The molecular formula is C17H35NO2. The van der Waals surface area contributed by atoms with Gasteiger partial charge in [0.25, 0.3) is 0 Å². The van der Waals surface area contributed by atoms with Crippen molar-refractivity contribution in [2.45, 2.75) is 58.8 Å². The molecule has 1 unspecified atom stereocenters. The predicted octanol–water partition coefficient (Wildman–Crippen LogP) is 3.63. The van der Waals surface area contributed by atoms with Crippen molar-refractivity contribution in [1.82, 2.24) is 5.32 Å². The summed E-state index contributed by atoms with van der Waals surface area (Å²) in [7, 11) is 1.77. The van der Waals surface area contributed by atoms with Crippen LogP contribution in [0.3, 0.4) is 0 Å². The molecule has 0 aromatic heterocycles. The van der Waals surface area contributed by atoms with Crippen LogP contribution in [0.1, 0.15) is 58.8 Å². The number of hydrogen-bond acceptors (Lipinski definition) is 3. The van der Waals surface area contributed by atoms with Gasteiger partial charge in [0.1, 0.15) is 0 Å². The van der Waals surface area contributed by atoms with E-state index in [0.717, 1.165) is 38.8 Å². The first-order valence-corrected chi connectivity index (χ1v) is 8.53. The van der Waals surface area contributed by atoms with Gasteiger partial charge in [-0.05, 0) is 30.6 Å². The van der Waals surface area contributed by atoms with Gasteiger partial charge in [-0.1, -0.05) is 39.5 Å². The zero-order valence-electron chi connectivity index (χ0n) is 13.9. The second kappa shape index (κ2) is 10.6. The highest BCUT2D eigenvalue weighted by Gasteiger charge is 2.34. The molecule has 1 saturated heterocycles. The second-order valence-corrected chi connectivity index (χ2v) is 6.40. The maximum absolute atomic E-state index is 5.60. The predicted molar refractivity (Wildman–Crippen MR) is 85.2 cm³/mol. The number of hydrogen-bond donors (Lipinski definition) is 1. The Morgan fingerprint density at radius 2 is 2.00 bits per heavy atom. The van der Waals surface area contributed by atoms with Gasteiger partial charge >= 0.3 is 0 Å². The van der Waals surface area contributed by atoms with Crippen LogP contribution in [0.2, 0.25) is 0 Å². The third kappa shape index (κ3) is 6.55. The highest BCUT2D eigenvalue weighted by Crippen LogP contribution is 2.38. The fourth-order valence-electron chi connectivity index (χ4n) is 3.34. The van der Waals surface area contributed by atoms with Gasteiger partial charge in [0, 0.05) is 33.4 Å². The zero-order valence-corrected chi connectivity index (χ0v) is 13.9. The van der Waals surface area contributed by atoms with Crippen molar-refractivity contribution in [3.63, 3.8) is 0 Å². The smallest absolute Gasteiger partial charge is 0.0587 e. The Hall–Kier alpha value is -0.120. The van der Waals surface area contributed by atoms with E-state index in [4.69, 9.17) is 9.47 Å².